The molecule has 0 unspecified atom stereocenters. The average Bonchev–Trinajstić information content (AvgIpc) is 2.94. The fraction of sp³-hybridized carbons (Fsp3) is 0.600. The number of unbranched alkanes of at least 4 members (excludes halogenated alkanes) is 1. The molecule has 0 saturated carbocycles. The fourth-order valence-electron chi connectivity index (χ4n) is 1.46. The number of nitrogens with two attached hydrogens (primary N) is 1. The number of thiazole rings is 1. The van der Waals surface area contributed by atoms with Crippen LogP contribution in [-0.4, -0.2) is 41.4 Å². The van der Waals surface area contributed by atoms with Crippen molar-refractivity contribution in [2.75, 3.05) is 18.9 Å². The Morgan fingerprint density at radius 3 is 2.58 bits per heavy atom. The Balaban J connectivity index is 2.89. The maximum Gasteiger partial charge on any atom is 0.362 e. The summed E-state index contributed by atoms with van der Waals surface area (Å²) in [5.74, 6) is -1.28. The molecule has 0 aliphatic heterocycles. The van der Waals surface area contributed by atoms with Crippen LogP contribution >= 0.6 is 11.3 Å². The minimum absolute atomic E-state index is 0.153. The molecule has 0 fully saturated rings. The van der Waals surface area contributed by atoms with Crippen molar-refractivity contribution in [1.29, 1.82) is 0 Å². The van der Waals surface area contributed by atoms with E-state index in [0.29, 0.717) is 6.61 Å². The van der Waals surface area contributed by atoms with E-state index in [4.69, 9.17) is 20.0 Å². The predicted molar refractivity (Wildman–Crippen MR) is 90.7 cm³/mol. The van der Waals surface area contributed by atoms with Gasteiger partial charge in [0.25, 0.3) is 0 Å². The average molecular weight is 357 g/mol. The molecule has 24 heavy (non-hydrogen) atoms. The summed E-state index contributed by atoms with van der Waals surface area (Å²) < 4.78 is 10.0. The number of oxime groups is 1. The van der Waals surface area contributed by atoms with Crippen molar-refractivity contribution in [2.45, 2.75) is 46.1 Å². The van der Waals surface area contributed by atoms with Crippen LogP contribution in [0.4, 0.5) is 5.13 Å². The van der Waals surface area contributed by atoms with Gasteiger partial charge in [0, 0.05) is 5.38 Å². The molecular formula is C15H23N3O5S. The van der Waals surface area contributed by atoms with E-state index >= 15 is 0 Å². The van der Waals surface area contributed by atoms with Gasteiger partial charge < -0.3 is 20.0 Å². The summed E-state index contributed by atoms with van der Waals surface area (Å²) in [5.41, 5.74) is 4.29. The van der Waals surface area contributed by atoms with Crippen LogP contribution in [0.15, 0.2) is 10.5 Å². The van der Waals surface area contributed by atoms with E-state index in [0.717, 1.165) is 24.2 Å². The summed E-state index contributed by atoms with van der Waals surface area (Å²) in [6, 6.07) is 0. The number of ether oxygens (including phenoxy) is 2. The molecule has 0 aliphatic rings. The molecule has 134 valence electrons. The molecular weight excluding hydrogens is 334 g/mol. The molecule has 0 bridgehead atoms. The number of nitrogen functional groups attached to an aromatic ring is 1. The second-order valence-electron chi connectivity index (χ2n) is 5.32. The first-order chi connectivity index (χ1) is 11.3. The highest BCUT2D eigenvalue weighted by Crippen LogP contribution is 2.16. The van der Waals surface area contributed by atoms with E-state index in [9.17, 15) is 9.59 Å². The molecule has 0 aromatic carbocycles. The van der Waals surface area contributed by atoms with Crippen molar-refractivity contribution in [1.82, 2.24) is 4.98 Å². The molecule has 8 nitrogen and oxygen atoms in total. The van der Waals surface area contributed by atoms with Crippen LogP contribution in [0.2, 0.25) is 0 Å². The minimum Gasteiger partial charge on any atom is -0.463 e. The lowest BCUT2D eigenvalue weighted by Gasteiger charge is -2.20. The second-order valence-corrected chi connectivity index (χ2v) is 6.21. The zero-order valence-corrected chi connectivity index (χ0v) is 15.1. The van der Waals surface area contributed by atoms with E-state index in [1.54, 1.807) is 12.3 Å². The number of carbonyl (C=O) groups excluding carboxylic acids is 2. The molecule has 1 heterocycles. The van der Waals surface area contributed by atoms with E-state index < -0.39 is 17.5 Å². The highest BCUT2D eigenvalue weighted by molar-refractivity contribution is 7.13. The van der Waals surface area contributed by atoms with Gasteiger partial charge in [0.1, 0.15) is 5.69 Å². The number of anilines is 1. The Morgan fingerprint density at radius 1 is 1.33 bits per heavy atom. The highest BCUT2D eigenvalue weighted by Gasteiger charge is 2.33. The van der Waals surface area contributed by atoms with Gasteiger partial charge in [-0.1, -0.05) is 18.5 Å². The largest absolute Gasteiger partial charge is 0.463 e. The molecule has 0 amide bonds. The van der Waals surface area contributed by atoms with E-state index in [2.05, 4.69) is 10.1 Å². The molecule has 1 aromatic heterocycles. The number of esters is 2. The van der Waals surface area contributed by atoms with Crippen molar-refractivity contribution in [3.63, 3.8) is 0 Å². The topological polar surface area (TPSA) is 113 Å². The van der Waals surface area contributed by atoms with Crippen LogP contribution in [-0.2, 0) is 23.9 Å². The van der Waals surface area contributed by atoms with E-state index in [1.165, 1.54) is 13.8 Å². The second kappa shape index (κ2) is 9.21. The number of nitrogens with zero attached hydrogens (tertiary/aromatic N) is 2. The number of carbonyl (C=O) groups is 2. The van der Waals surface area contributed by atoms with Gasteiger partial charge in [0.05, 0.1) is 13.2 Å². The smallest absolute Gasteiger partial charge is 0.362 e. The van der Waals surface area contributed by atoms with Gasteiger partial charge in [-0.2, -0.15) is 0 Å². The van der Waals surface area contributed by atoms with Gasteiger partial charge in [-0.25, -0.2) is 14.6 Å². The van der Waals surface area contributed by atoms with Crippen molar-refractivity contribution in [3.05, 3.63) is 11.1 Å². The third-order valence-electron chi connectivity index (χ3n) is 2.82. The number of hydrogen-bond acceptors (Lipinski definition) is 9. The van der Waals surface area contributed by atoms with Gasteiger partial charge in [-0.05, 0) is 27.2 Å². The monoisotopic (exact) mass is 357 g/mol. The van der Waals surface area contributed by atoms with Crippen molar-refractivity contribution in [2.24, 2.45) is 5.16 Å². The standard InChI is InChI=1S/C15H23N3O5S/c1-5-7-8-22-13(20)15(3,4)23-18-11(12(19)21-6-2)10-9-24-14(16)17-10/h9H,5-8H2,1-4H3,(H2,16,17)/b18-11-. The van der Waals surface area contributed by atoms with Crippen LogP contribution in [0.3, 0.4) is 0 Å². The Hall–Kier alpha value is -2.16. The highest BCUT2D eigenvalue weighted by atomic mass is 32.1. The molecule has 1 aromatic rings. The maximum atomic E-state index is 12.0. The fourth-order valence-corrected chi connectivity index (χ4v) is 2.01. The molecule has 1 rings (SSSR count). The lowest BCUT2D eigenvalue weighted by Crippen LogP contribution is -2.36. The quantitative estimate of drug-likeness (QED) is 0.312. The van der Waals surface area contributed by atoms with Gasteiger partial charge in [0.2, 0.25) is 11.3 Å². The summed E-state index contributed by atoms with van der Waals surface area (Å²) in [6.07, 6.45) is 1.67. The first kappa shape index (κ1) is 19.9. The Morgan fingerprint density at radius 2 is 2.04 bits per heavy atom. The Bertz CT molecular complexity index is 598. The van der Waals surface area contributed by atoms with Gasteiger partial charge in [-0.15, -0.1) is 11.3 Å². The van der Waals surface area contributed by atoms with Crippen LogP contribution in [0.25, 0.3) is 0 Å². The zero-order chi connectivity index (χ0) is 18.2. The maximum absolute atomic E-state index is 12.0. The molecule has 2 N–H and O–H groups in total. The van der Waals surface area contributed by atoms with Gasteiger partial charge in [-0.3, -0.25) is 0 Å². The van der Waals surface area contributed by atoms with Crippen LogP contribution in [0, 0.1) is 0 Å². The van der Waals surface area contributed by atoms with Crippen molar-refractivity contribution < 1.29 is 23.9 Å². The molecule has 0 radical (unpaired) electrons. The number of hydrogen-bond donors (Lipinski definition) is 1. The summed E-state index contributed by atoms with van der Waals surface area (Å²) >= 11 is 1.15. The van der Waals surface area contributed by atoms with Crippen LogP contribution in [0.5, 0.6) is 0 Å². The van der Waals surface area contributed by atoms with Crippen LogP contribution < -0.4 is 5.73 Å². The first-order valence-corrected chi connectivity index (χ1v) is 8.51. The number of aromatic nitrogens is 1. The van der Waals surface area contributed by atoms with Crippen molar-refractivity contribution in [3.8, 4) is 0 Å². The summed E-state index contributed by atoms with van der Waals surface area (Å²) in [4.78, 5) is 33.3. The van der Waals surface area contributed by atoms with Gasteiger partial charge in [0.15, 0.2) is 5.13 Å². The predicted octanol–water partition coefficient (Wildman–Crippen LogP) is 2.13. The molecule has 0 aliphatic carbocycles. The third kappa shape index (κ3) is 5.80. The van der Waals surface area contributed by atoms with Crippen LogP contribution in [0.1, 0.15) is 46.2 Å². The molecule has 0 atom stereocenters. The molecule has 0 saturated heterocycles. The Labute approximate surface area is 145 Å². The Kier molecular flexibility index (Phi) is 7.63. The van der Waals surface area contributed by atoms with Gasteiger partial charge >= 0.3 is 11.9 Å². The zero-order valence-electron chi connectivity index (χ0n) is 14.3. The van der Waals surface area contributed by atoms with E-state index in [1.807, 2.05) is 6.92 Å². The lowest BCUT2D eigenvalue weighted by molar-refractivity contribution is -0.168. The SMILES string of the molecule is CCCCOC(=O)C(C)(C)O/N=C(\C(=O)OCC)c1csc(N)n1. The summed E-state index contributed by atoms with van der Waals surface area (Å²) in [7, 11) is 0. The lowest BCUT2D eigenvalue weighted by atomic mass is 10.1. The number of rotatable bonds is 9. The third-order valence-corrected chi connectivity index (χ3v) is 3.50. The first-order valence-electron chi connectivity index (χ1n) is 7.63. The van der Waals surface area contributed by atoms with E-state index in [-0.39, 0.29) is 23.1 Å². The minimum atomic E-state index is -1.35. The van der Waals surface area contributed by atoms with Crippen molar-refractivity contribution >= 4 is 34.1 Å². The summed E-state index contributed by atoms with van der Waals surface area (Å²) in [6.45, 7) is 7.14. The summed E-state index contributed by atoms with van der Waals surface area (Å²) in [5, 5.41) is 5.61. The molecule has 9 heteroatoms. The molecule has 0 spiro atoms. The normalized spacial score (nSPS) is 11.9.